The van der Waals surface area contributed by atoms with Gasteiger partial charge in [0.05, 0.1) is 12.2 Å². The van der Waals surface area contributed by atoms with Crippen molar-refractivity contribution < 1.29 is 9.53 Å². The van der Waals surface area contributed by atoms with Crippen LogP contribution in [0.15, 0.2) is 9.59 Å². The van der Waals surface area contributed by atoms with E-state index in [1.807, 2.05) is 0 Å². The topological polar surface area (TPSA) is 60.4 Å². The SMILES string of the molecule is CCOc1c(CC(=O)C23CC4CC(CC(C4)C2)C3)c(=O)c1=O. The average Bonchev–Trinajstić information content (AvgIpc) is 2.48. The Morgan fingerprint density at radius 2 is 1.59 bits per heavy atom. The first kappa shape index (κ1) is 14.2. The van der Waals surface area contributed by atoms with E-state index < -0.39 is 10.9 Å². The largest absolute Gasteiger partial charge is 0.489 e. The zero-order chi connectivity index (χ0) is 15.5. The van der Waals surface area contributed by atoms with Crippen molar-refractivity contribution in [1.82, 2.24) is 0 Å². The molecule has 0 radical (unpaired) electrons. The van der Waals surface area contributed by atoms with E-state index >= 15 is 0 Å². The van der Waals surface area contributed by atoms with Crippen LogP contribution in [0.4, 0.5) is 0 Å². The zero-order valence-electron chi connectivity index (χ0n) is 13.0. The maximum Gasteiger partial charge on any atom is 0.268 e. The summed E-state index contributed by atoms with van der Waals surface area (Å²) in [5.74, 6) is 2.43. The molecule has 4 saturated carbocycles. The molecule has 4 bridgehead atoms. The van der Waals surface area contributed by atoms with E-state index in [-0.39, 0.29) is 23.4 Å². The van der Waals surface area contributed by atoms with Crippen LogP contribution in [0.3, 0.4) is 0 Å². The molecular weight excluding hydrogens is 280 g/mol. The summed E-state index contributed by atoms with van der Waals surface area (Å²) in [6.07, 6.45) is 6.96. The van der Waals surface area contributed by atoms with E-state index in [4.69, 9.17) is 4.74 Å². The highest BCUT2D eigenvalue weighted by molar-refractivity contribution is 5.88. The van der Waals surface area contributed by atoms with Crippen molar-refractivity contribution in [3.05, 3.63) is 26.0 Å². The lowest BCUT2D eigenvalue weighted by atomic mass is 9.48. The minimum absolute atomic E-state index is 0.103. The quantitative estimate of drug-likeness (QED) is 0.781. The number of carbonyl (C=O) groups excluding carboxylic acids is 1. The van der Waals surface area contributed by atoms with Crippen LogP contribution in [0.5, 0.6) is 5.75 Å². The maximum absolute atomic E-state index is 12.9. The average molecular weight is 302 g/mol. The van der Waals surface area contributed by atoms with Crippen LogP contribution in [0.2, 0.25) is 0 Å². The van der Waals surface area contributed by atoms with Gasteiger partial charge in [-0.1, -0.05) is 0 Å². The fraction of sp³-hybridized carbons (Fsp3) is 0.722. The van der Waals surface area contributed by atoms with E-state index in [1.54, 1.807) is 6.92 Å². The first-order valence-electron chi connectivity index (χ1n) is 8.50. The van der Waals surface area contributed by atoms with Gasteiger partial charge in [0.1, 0.15) is 5.78 Å². The Hall–Kier alpha value is -1.45. The second-order valence-corrected chi connectivity index (χ2v) is 7.70. The Labute approximate surface area is 129 Å². The van der Waals surface area contributed by atoms with Gasteiger partial charge < -0.3 is 4.74 Å². The van der Waals surface area contributed by atoms with Crippen molar-refractivity contribution in [2.45, 2.75) is 51.9 Å². The number of ketones is 1. The molecule has 4 aliphatic rings. The summed E-state index contributed by atoms with van der Waals surface area (Å²) in [6.45, 7) is 2.13. The third kappa shape index (κ3) is 1.92. The van der Waals surface area contributed by atoms with Crippen molar-refractivity contribution >= 4 is 5.78 Å². The molecule has 0 atom stereocenters. The van der Waals surface area contributed by atoms with Crippen LogP contribution in [0.1, 0.15) is 51.0 Å². The molecule has 4 aliphatic carbocycles. The van der Waals surface area contributed by atoms with Crippen molar-refractivity contribution in [3.63, 3.8) is 0 Å². The summed E-state index contributed by atoms with van der Waals surface area (Å²) >= 11 is 0. The lowest BCUT2D eigenvalue weighted by Gasteiger charge is -2.56. The Morgan fingerprint density at radius 3 is 2.09 bits per heavy atom. The summed E-state index contributed by atoms with van der Waals surface area (Å²) < 4.78 is 5.25. The van der Waals surface area contributed by atoms with Gasteiger partial charge in [-0.3, -0.25) is 14.4 Å². The van der Waals surface area contributed by atoms with E-state index in [2.05, 4.69) is 0 Å². The lowest BCUT2D eigenvalue weighted by molar-refractivity contribution is -0.143. The number of hydrogen-bond donors (Lipinski definition) is 0. The van der Waals surface area contributed by atoms with Crippen LogP contribution < -0.4 is 15.6 Å². The number of ether oxygens (including phenoxy) is 1. The number of rotatable bonds is 5. The van der Waals surface area contributed by atoms with Crippen molar-refractivity contribution in [1.29, 1.82) is 0 Å². The first-order chi connectivity index (χ1) is 10.5. The third-order valence-electron chi connectivity index (χ3n) is 6.22. The van der Waals surface area contributed by atoms with E-state index in [1.165, 1.54) is 19.3 Å². The highest BCUT2D eigenvalue weighted by atomic mass is 16.5. The van der Waals surface area contributed by atoms with Gasteiger partial charge in [0, 0.05) is 11.8 Å². The van der Waals surface area contributed by atoms with Gasteiger partial charge in [-0.25, -0.2) is 0 Å². The first-order valence-corrected chi connectivity index (χ1v) is 8.50. The Balaban J connectivity index is 1.57. The number of Topliss-reactive ketones (excluding diaryl/α,β-unsaturated/α-hetero) is 1. The molecule has 118 valence electrons. The summed E-state index contributed by atoms with van der Waals surface area (Å²) in [4.78, 5) is 36.3. The minimum Gasteiger partial charge on any atom is -0.489 e. The molecule has 22 heavy (non-hydrogen) atoms. The predicted molar refractivity (Wildman–Crippen MR) is 81.8 cm³/mol. The second-order valence-electron chi connectivity index (χ2n) is 7.70. The highest BCUT2D eigenvalue weighted by Crippen LogP contribution is 2.60. The van der Waals surface area contributed by atoms with Crippen molar-refractivity contribution in [3.8, 4) is 5.75 Å². The van der Waals surface area contributed by atoms with Gasteiger partial charge in [0.15, 0.2) is 5.75 Å². The lowest BCUT2D eigenvalue weighted by Crippen LogP contribution is -2.51. The van der Waals surface area contributed by atoms with E-state index in [9.17, 15) is 14.4 Å². The third-order valence-corrected chi connectivity index (χ3v) is 6.22. The number of hydrogen-bond acceptors (Lipinski definition) is 4. The standard InChI is InChI=1S/C18H22O4/c1-2-22-17-13(15(20)16(17)21)6-14(19)18-7-10-3-11(8-18)5-12(4-10)9-18/h10-12H,2-9H2,1H3. The summed E-state index contributed by atoms with van der Waals surface area (Å²) in [5, 5.41) is 0. The molecule has 0 unspecified atom stereocenters. The Bertz CT molecular complexity index is 657. The van der Waals surface area contributed by atoms with Crippen LogP contribution >= 0.6 is 0 Å². The van der Waals surface area contributed by atoms with Gasteiger partial charge in [-0.05, 0) is 63.2 Å². The van der Waals surface area contributed by atoms with Gasteiger partial charge in [-0.2, -0.15) is 0 Å². The molecule has 0 heterocycles. The summed E-state index contributed by atoms with van der Waals surface area (Å²) in [5.41, 5.74) is -0.956. The number of carbonyl (C=O) groups is 1. The molecule has 4 heteroatoms. The fourth-order valence-electron chi connectivity index (χ4n) is 5.68. The molecule has 0 saturated heterocycles. The molecule has 4 nitrogen and oxygen atoms in total. The molecule has 4 fully saturated rings. The molecule has 0 amide bonds. The predicted octanol–water partition coefficient (Wildman–Crippen LogP) is 2.01. The molecule has 0 aromatic heterocycles. The molecule has 0 aliphatic heterocycles. The molecular formula is C18H22O4. The Morgan fingerprint density at radius 1 is 1.05 bits per heavy atom. The maximum atomic E-state index is 12.9. The summed E-state index contributed by atoms with van der Waals surface area (Å²) in [6, 6.07) is 0. The van der Waals surface area contributed by atoms with Gasteiger partial charge in [0.25, 0.3) is 5.43 Å². The molecule has 5 rings (SSSR count). The van der Waals surface area contributed by atoms with Crippen molar-refractivity contribution in [2.75, 3.05) is 6.61 Å². The monoisotopic (exact) mass is 302 g/mol. The minimum atomic E-state index is -0.560. The smallest absolute Gasteiger partial charge is 0.268 e. The normalized spacial score (nSPS) is 36.0. The molecule has 1 aromatic rings. The summed E-state index contributed by atoms with van der Waals surface area (Å²) in [7, 11) is 0. The molecule has 0 N–H and O–H groups in total. The van der Waals surface area contributed by atoms with Gasteiger partial charge >= 0.3 is 0 Å². The van der Waals surface area contributed by atoms with Crippen molar-refractivity contribution in [2.24, 2.45) is 23.2 Å². The van der Waals surface area contributed by atoms with Gasteiger partial charge in [-0.15, -0.1) is 0 Å². The van der Waals surface area contributed by atoms with Crippen LogP contribution in [-0.2, 0) is 11.2 Å². The zero-order valence-corrected chi connectivity index (χ0v) is 13.0. The second kappa shape index (κ2) is 4.77. The van der Waals surface area contributed by atoms with Crippen LogP contribution in [0, 0.1) is 23.2 Å². The van der Waals surface area contributed by atoms with E-state index in [0.29, 0.717) is 29.9 Å². The molecule has 1 aromatic carbocycles. The fourth-order valence-corrected chi connectivity index (χ4v) is 5.68. The highest BCUT2D eigenvalue weighted by Gasteiger charge is 2.54. The van der Waals surface area contributed by atoms with E-state index in [0.717, 1.165) is 19.3 Å². The Kier molecular flexibility index (Phi) is 3.07. The molecule has 0 spiro atoms. The van der Waals surface area contributed by atoms with Crippen LogP contribution in [-0.4, -0.2) is 12.4 Å². The van der Waals surface area contributed by atoms with Gasteiger partial charge in [0.2, 0.25) is 5.43 Å². The van der Waals surface area contributed by atoms with Crippen LogP contribution in [0.25, 0.3) is 0 Å².